The molecule has 0 bridgehead atoms. The lowest BCUT2D eigenvalue weighted by molar-refractivity contribution is -0.00574. The number of fused-ring (bicyclic) bond motifs is 1. The Morgan fingerprint density at radius 2 is 1.96 bits per heavy atom. The molecule has 4 heterocycles. The zero-order valence-electron chi connectivity index (χ0n) is 14.9. The standard InChI is InChI=1S/C18H29N5O/c1-14-10-23(11-15(2)24-14)18-19-6-5-16(20-18)12-21-8-9-22-7-3-4-17(22)13-21/h5-6,14-15,17H,3-4,7-13H2,1-2H3. The molecule has 3 atom stereocenters. The van der Waals surface area contributed by atoms with Gasteiger partial charge in [-0.1, -0.05) is 0 Å². The Bertz CT molecular complexity index is 558. The number of anilines is 1. The van der Waals surface area contributed by atoms with E-state index in [1.54, 1.807) is 0 Å². The van der Waals surface area contributed by atoms with Gasteiger partial charge in [-0.3, -0.25) is 9.80 Å². The summed E-state index contributed by atoms with van der Waals surface area (Å²) in [7, 11) is 0. The van der Waals surface area contributed by atoms with E-state index in [-0.39, 0.29) is 12.2 Å². The number of morpholine rings is 1. The quantitative estimate of drug-likeness (QED) is 0.834. The van der Waals surface area contributed by atoms with E-state index in [0.29, 0.717) is 0 Å². The van der Waals surface area contributed by atoms with Gasteiger partial charge in [-0.25, -0.2) is 9.97 Å². The fourth-order valence-electron chi connectivity index (χ4n) is 4.39. The zero-order chi connectivity index (χ0) is 16.5. The summed E-state index contributed by atoms with van der Waals surface area (Å²) in [6, 6.07) is 2.83. The predicted octanol–water partition coefficient (Wildman–Crippen LogP) is 1.37. The number of hydrogen-bond donors (Lipinski definition) is 0. The highest BCUT2D eigenvalue weighted by atomic mass is 16.5. The molecule has 0 aromatic carbocycles. The first-order valence-corrected chi connectivity index (χ1v) is 9.36. The lowest BCUT2D eigenvalue weighted by Gasteiger charge is -2.37. The van der Waals surface area contributed by atoms with Crippen LogP contribution in [0.2, 0.25) is 0 Å². The van der Waals surface area contributed by atoms with Gasteiger partial charge in [-0.15, -0.1) is 0 Å². The van der Waals surface area contributed by atoms with Gasteiger partial charge < -0.3 is 9.64 Å². The average molecular weight is 331 g/mol. The molecule has 3 aliphatic rings. The molecule has 0 spiro atoms. The third-order valence-corrected chi connectivity index (χ3v) is 5.46. The fourth-order valence-corrected chi connectivity index (χ4v) is 4.39. The minimum Gasteiger partial charge on any atom is -0.372 e. The highest BCUT2D eigenvalue weighted by Crippen LogP contribution is 2.23. The molecule has 0 aliphatic carbocycles. The van der Waals surface area contributed by atoms with Crippen LogP contribution in [0.15, 0.2) is 12.3 Å². The maximum Gasteiger partial charge on any atom is 0.225 e. The molecule has 3 aliphatic heterocycles. The van der Waals surface area contributed by atoms with Gasteiger partial charge in [0.05, 0.1) is 17.9 Å². The van der Waals surface area contributed by atoms with Crippen molar-refractivity contribution in [2.45, 2.75) is 51.5 Å². The van der Waals surface area contributed by atoms with E-state index >= 15 is 0 Å². The van der Waals surface area contributed by atoms with Crippen LogP contribution in [0.3, 0.4) is 0 Å². The van der Waals surface area contributed by atoms with E-state index in [2.05, 4.69) is 39.6 Å². The van der Waals surface area contributed by atoms with Crippen molar-refractivity contribution in [1.82, 2.24) is 19.8 Å². The summed E-state index contributed by atoms with van der Waals surface area (Å²) in [5.41, 5.74) is 1.14. The maximum absolute atomic E-state index is 5.82. The third kappa shape index (κ3) is 3.55. The number of aromatic nitrogens is 2. The summed E-state index contributed by atoms with van der Waals surface area (Å²) >= 11 is 0. The molecule has 0 radical (unpaired) electrons. The number of piperazine rings is 1. The Morgan fingerprint density at radius 3 is 2.79 bits per heavy atom. The Morgan fingerprint density at radius 1 is 1.12 bits per heavy atom. The van der Waals surface area contributed by atoms with Gasteiger partial charge in [0, 0.05) is 51.5 Å². The van der Waals surface area contributed by atoms with E-state index in [0.717, 1.165) is 43.9 Å². The maximum atomic E-state index is 5.82. The van der Waals surface area contributed by atoms with Gasteiger partial charge in [0.1, 0.15) is 0 Å². The molecule has 3 unspecified atom stereocenters. The Hall–Kier alpha value is -1.24. The summed E-state index contributed by atoms with van der Waals surface area (Å²) in [6.45, 7) is 11.8. The minimum atomic E-state index is 0.233. The highest BCUT2D eigenvalue weighted by Gasteiger charge is 2.30. The zero-order valence-corrected chi connectivity index (χ0v) is 14.9. The van der Waals surface area contributed by atoms with Crippen molar-refractivity contribution in [3.05, 3.63) is 18.0 Å². The normalized spacial score (nSPS) is 32.1. The third-order valence-electron chi connectivity index (χ3n) is 5.46. The van der Waals surface area contributed by atoms with Crippen molar-refractivity contribution in [2.24, 2.45) is 0 Å². The molecule has 3 fully saturated rings. The molecule has 1 aromatic heterocycles. The molecule has 24 heavy (non-hydrogen) atoms. The van der Waals surface area contributed by atoms with E-state index in [9.17, 15) is 0 Å². The summed E-state index contributed by atoms with van der Waals surface area (Å²) in [5.74, 6) is 0.856. The van der Waals surface area contributed by atoms with Crippen LogP contribution >= 0.6 is 0 Å². The molecule has 0 N–H and O–H groups in total. The van der Waals surface area contributed by atoms with E-state index < -0.39 is 0 Å². The van der Waals surface area contributed by atoms with Crippen LogP contribution in [-0.2, 0) is 11.3 Å². The van der Waals surface area contributed by atoms with E-state index in [1.165, 1.54) is 32.5 Å². The van der Waals surface area contributed by atoms with Gasteiger partial charge in [0.15, 0.2) is 0 Å². The van der Waals surface area contributed by atoms with Gasteiger partial charge in [0.25, 0.3) is 0 Å². The topological polar surface area (TPSA) is 44.7 Å². The number of rotatable bonds is 3. The largest absolute Gasteiger partial charge is 0.372 e. The molecular formula is C18H29N5O. The van der Waals surface area contributed by atoms with Crippen LogP contribution < -0.4 is 4.90 Å². The van der Waals surface area contributed by atoms with Crippen LogP contribution in [0.25, 0.3) is 0 Å². The van der Waals surface area contributed by atoms with Crippen molar-refractivity contribution in [2.75, 3.05) is 44.2 Å². The van der Waals surface area contributed by atoms with Crippen molar-refractivity contribution < 1.29 is 4.74 Å². The van der Waals surface area contributed by atoms with Crippen LogP contribution in [0.1, 0.15) is 32.4 Å². The summed E-state index contributed by atoms with van der Waals surface area (Å²) < 4.78 is 5.82. The lowest BCUT2D eigenvalue weighted by Crippen LogP contribution is -2.49. The van der Waals surface area contributed by atoms with Crippen LogP contribution in [0.5, 0.6) is 0 Å². The second-order valence-electron chi connectivity index (χ2n) is 7.58. The van der Waals surface area contributed by atoms with Crippen molar-refractivity contribution >= 4 is 5.95 Å². The molecule has 6 nitrogen and oxygen atoms in total. The number of ether oxygens (including phenoxy) is 1. The second kappa shape index (κ2) is 6.94. The van der Waals surface area contributed by atoms with Crippen molar-refractivity contribution in [3.63, 3.8) is 0 Å². The average Bonchev–Trinajstić information content (AvgIpc) is 3.02. The molecule has 4 rings (SSSR count). The summed E-state index contributed by atoms with van der Waals surface area (Å²) in [4.78, 5) is 16.8. The van der Waals surface area contributed by atoms with Crippen LogP contribution in [0, 0.1) is 0 Å². The molecule has 132 valence electrons. The van der Waals surface area contributed by atoms with Crippen LogP contribution in [-0.4, -0.2) is 77.3 Å². The smallest absolute Gasteiger partial charge is 0.225 e. The van der Waals surface area contributed by atoms with Gasteiger partial charge >= 0.3 is 0 Å². The van der Waals surface area contributed by atoms with Crippen molar-refractivity contribution in [1.29, 1.82) is 0 Å². The molecule has 0 amide bonds. The second-order valence-corrected chi connectivity index (χ2v) is 7.58. The summed E-state index contributed by atoms with van der Waals surface area (Å²) in [6.07, 6.45) is 5.10. The molecular weight excluding hydrogens is 302 g/mol. The predicted molar refractivity (Wildman–Crippen MR) is 94.1 cm³/mol. The van der Waals surface area contributed by atoms with Gasteiger partial charge in [-0.2, -0.15) is 0 Å². The van der Waals surface area contributed by atoms with Crippen LogP contribution in [0.4, 0.5) is 5.95 Å². The fraction of sp³-hybridized carbons (Fsp3) is 0.778. The molecule has 1 aromatic rings. The van der Waals surface area contributed by atoms with Gasteiger partial charge in [0.2, 0.25) is 5.95 Å². The van der Waals surface area contributed by atoms with E-state index in [4.69, 9.17) is 9.72 Å². The first-order valence-electron chi connectivity index (χ1n) is 9.36. The first kappa shape index (κ1) is 16.2. The Labute approximate surface area is 144 Å². The van der Waals surface area contributed by atoms with E-state index in [1.807, 2.05) is 6.20 Å². The summed E-state index contributed by atoms with van der Waals surface area (Å²) in [5, 5.41) is 0. The SMILES string of the molecule is CC1CN(c2nccc(CN3CCN4CCCC4C3)n2)CC(C)O1. The first-order chi connectivity index (χ1) is 11.7. The highest BCUT2D eigenvalue weighted by molar-refractivity contribution is 5.31. The van der Waals surface area contributed by atoms with Gasteiger partial charge in [-0.05, 0) is 39.3 Å². The number of nitrogens with zero attached hydrogens (tertiary/aromatic N) is 5. The Balaban J connectivity index is 1.41. The molecule has 0 saturated carbocycles. The number of hydrogen-bond acceptors (Lipinski definition) is 6. The lowest BCUT2D eigenvalue weighted by atomic mass is 10.1. The molecule has 3 saturated heterocycles. The minimum absolute atomic E-state index is 0.233. The molecule has 6 heteroatoms. The van der Waals surface area contributed by atoms with Crippen molar-refractivity contribution in [3.8, 4) is 0 Å². The Kier molecular flexibility index (Phi) is 4.70. The monoisotopic (exact) mass is 331 g/mol.